The Balaban J connectivity index is 1.30. The summed E-state index contributed by atoms with van der Waals surface area (Å²) in [6.45, 7) is 0. The van der Waals surface area contributed by atoms with Gasteiger partial charge in [0.05, 0.1) is 62.7 Å². The zero-order valence-corrected chi connectivity index (χ0v) is 26.7. The normalized spacial score (nSPS) is 11.1. The first-order valence-corrected chi connectivity index (χ1v) is 16.3. The number of nitrogens with zero attached hydrogens (tertiary/aromatic N) is 5. The number of para-hydroxylation sites is 3. The van der Waals surface area contributed by atoms with Gasteiger partial charge in [-0.25, -0.2) is 0 Å². The Kier molecular flexibility index (Phi) is 6.56. The average molecular weight is 636 g/mol. The molecular formula is C45H25N5. The molecule has 0 atom stereocenters. The first kappa shape index (κ1) is 28.8. The van der Waals surface area contributed by atoms with Crippen molar-refractivity contribution in [3.63, 3.8) is 0 Å². The van der Waals surface area contributed by atoms with Crippen molar-refractivity contribution in [3.8, 4) is 51.8 Å². The van der Waals surface area contributed by atoms with Crippen molar-refractivity contribution in [2.75, 3.05) is 0 Å². The summed E-state index contributed by atoms with van der Waals surface area (Å²) in [7, 11) is 0. The molecule has 9 aromatic rings. The van der Waals surface area contributed by atoms with Gasteiger partial charge in [0, 0.05) is 38.4 Å². The van der Waals surface area contributed by atoms with Crippen molar-refractivity contribution in [3.05, 3.63) is 168 Å². The van der Waals surface area contributed by atoms with Gasteiger partial charge >= 0.3 is 0 Å². The van der Waals surface area contributed by atoms with Gasteiger partial charge in [0.2, 0.25) is 0 Å². The predicted molar refractivity (Wildman–Crippen MR) is 200 cm³/mol. The molecule has 0 aliphatic rings. The van der Waals surface area contributed by atoms with Gasteiger partial charge in [-0.1, -0.05) is 84.9 Å². The highest BCUT2D eigenvalue weighted by Crippen LogP contribution is 2.41. The first-order chi connectivity index (χ1) is 24.7. The zero-order valence-electron chi connectivity index (χ0n) is 26.7. The summed E-state index contributed by atoms with van der Waals surface area (Å²) in [5.74, 6) is 0. The predicted octanol–water partition coefficient (Wildman–Crippen LogP) is 10.8. The Labute approximate surface area is 287 Å². The van der Waals surface area contributed by atoms with Crippen LogP contribution in [0.4, 0.5) is 0 Å². The molecule has 0 aliphatic heterocycles. The monoisotopic (exact) mass is 635 g/mol. The third-order valence-electron chi connectivity index (χ3n) is 9.64. The topological polar surface area (TPSA) is 81.2 Å². The second-order valence-corrected chi connectivity index (χ2v) is 12.3. The van der Waals surface area contributed by atoms with Crippen molar-refractivity contribution in [2.45, 2.75) is 0 Å². The quantitative estimate of drug-likeness (QED) is 0.193. The molecular weight excluding hydrogens is 611 g/mol. The molecule has 0 amide bonds. The number of fused-ring (bicyclic) bond motifs is 6. The van der Waals surface area contributed by atoms with Crippen LogP contribution in [0.15, 0.2) is 152 Å². The molecule has 5 heteroatoms. The van der Waals surface area contributed by atoms with Crippen LogP contribution >= 0.6 is 0 Å². The van der Waals surface area contributed by atoms with Gasteiger partial charge in [-0.3, -0.25) is 0 Å². The maximum atomic E-state index is 10.4. The van der Waals surface area contributed by atoms with E-state index in [4.69, 9.17) is 0 Å². The number of aromatic nitrogens is 2. The molecule has 9 rings (SSSR count). The molecule has 0 N–H and O–H groups in total. The van der Waals surface area contributed by atoms with Gasteiger partial charge in [-0.2, -0.15) is 15.8 Å². The lowest BCUT2D eigenvalue weighted by atomic mass is 9.91. The molecule has 0 fully saturated rings. The second-order valence-electron chi connectivity index (χ2n) is 12.3. The first-order valence-electron chi connectivity index (χ1n) is 16.3. The highest BCUT2D eigenvalue weighted by molar-refractivity contribution is 6.11. The van der Waals surface area contributed by atoms with E-state index in [0.29, 0.717) is 16.7 Å². The summed E-state index contributed by atoms with van der Waals surface area (Å²) in [4.78, 5) is 0. The average Bonchev–Trinajstić information content (AvgIpc) is 3.69. The largest absolute Gasteiger partial charge is 0.309 e. The van der Waals surface area contributed by atoms with Gasteiger partial charge < -0.3 is 9.13 Å². The van der Waals surface area contributed by atoms with Crippen LogP contribution in [-0.2, 0) is 0 Å². The number of hydrogen-bond donors (Lipinski definition) is 0. The van der Waals surface area contributed by atoms with E-state index in [1.54, 1.807) is 6.07 Å². The van der Waals surface area contributed by atoms with E-state index < -0.39 is 0 Å². The van der Waals surface area contributed by atoms with Crippen molar-refractivity contribution in [1.82, 2.24) is 9.13 Å². The molecule has 0 saturated carbocycles. The number of rotatable bonds is 4. The molecule has 50 heavy (non-hydrogen) atoms. The standard InChI is InChI=1S/C45H25N5/c46-26-29-18-22-44-40(23-29)38-21-17-30(27-47)24-45(38)49(44)32-20-19-31(28-48)39(25-32)34-10-2-1-9-33(34)35-11-3-6-14-41(35)50-42-15-7-4-12-36(42)37-13-5-8-16-43(37)50/h1-25H. The molecule has 0 bridgehead atoms. The van der Waals surface area contributed by atoms with Crippen LogP contribution in [-0.4, -0.2) is 9.13 Å². The lowest BCUT2D eigenvalue weighted by molar-refractivity contribution is 1.18. The Bertz CT molecular complexity index is 2920. The van der Waals surface area contributed by atoms with E-state index in [-0.39, 0.29) is 0 Å². The molecule has 0 spiro atoms. The maximum absolute atomic E-state index is 10.4. The fourth-order valence-electron chi connectivity index (χ4n) is 7.46. The summed E-state index contributed by atoms with van der Waals surface area (Å²) < 4.78 is 4.45. The summed E-state index contributed by atoms with van der Waals surface area (Å²) in [5.41, 5.74) is 11.4. The minimum Gasteiger partial charge on any atom is -0.309 e. The molecule has 0 saturated heterocycles. The Hall–Kier alpha value is -7.39. The Morgan fingerprint density at radius 3 is 1.62 bits per heavy atom. The highest BCUT2D eigenvalue weighted by Gasteiger charge is 2.20. The second kappa shape index (κ2) is 11.4. The number of hydrogen-bond acceptors (Lipinski definition) is 3. The fraction of sp³-hybridized carbons (Fsp3) is 0. The van der Waals surface area contributed by atoms with Crippen molar-refractivity contribution >= 4 is 43.6 Å². The minimum absolute atomic E-state index is 0.544. The molecule has 2 aromatic heterocycles. The molecule has 5 nitrogen and oxygen atoms in total. The third kappa shape index (κ3) is 4.31. The summed E-state index contributed by atoms with van der Waals surface area (Å²) in [6, 6.07) is 57.9. The molecule has 230 valence electrons. The van der Waals surface area contributed by atoms with Crippen molar-refractivity contribution in [2.24, 2.45) is 0 Å². The smallest absolute Gasteiger partial charge is 0.0998 e. The highest BCUT2D eigenvalue weighted by atomic mass is 15.0. The lowest BCUT2D eigenvalue weighted by Crippen LogP contribution is -1.99. The maximum Gasteiger partial charge on any atom is 0.0998 e. The van der Waals surface area contributed by atoms with Crippen molar-refractivity contribution < 1.29 is 0 Å². The van der Waals surface area contributed by atoms with Crippen LogP contribution in [0.2, 0.25) is 0 Å². The third-order valence-corrected chi connectivity index (χ3v) is 9.64. The van der Waals surface area contributed by atoms with Crippen LogP contribution in [0.3, 0.4) is 0 Å². The van der Waals surface area contributed by atoms with Gasteiger partial charge in [0.15, 0.2) is 0 Å². The van der Waals surface area contributed by atoms with Gasteiger partial charge in [0.1, 0.15) is 0 Å². The molecule has 0 unspecified atom stereocenters. The number of nitriles is 3. The molecule has 0 radical (unpaired) electrons. The van der Waals surface area contributed by atoms with Crippen LogP contribution < -0.4 is 0 Å². The SMILES string of the molecule is N#Cc1ccc2c(c1)c1ccc(C#N)cc1n2-c1ccc(C#N)c(-c2ccccc2-c2ccccc2-n2c3ccccc3c3ccccc32)c1. The van der Waals surface area contributed by atoms with Gasteiger partial charge in [0.25, 0.3) is 0 Å². The van der Waals surface area contributed by atoms with Gasteiger partial charge in [-0.05, 0) is 77.9 Å². The van der Waals surface area contributed by atoms with E-state index >= 15 is 0 Å². The fourth-order valence-corrected chi connectivity index (χ4v) is 7.46. The van der Waals surface area contributed by atoms with Crippen LogP contribution in [0.5, 0.6) is 0 Å². The molecule has 2 heterocycles. The Morgan fingerprint density at radius 2 is 0.920 bits per heavy atom. The van der Waals surface area contributed by atoms with E-state index in [2.05, 4.69) is 118 Å². The summed E-state index contributed by atoms with van der Waals surface area (Å²) >= 11 is 0. The van der Waals surface area contributed by atoms with Crippen LogP contribution in [0.1, 0.15) is 16.7 Å². The van der Waals surface area contributed by atoms with E-state index in [1.165, 1.54) is 10.8 Å². The summed E-state index contributed by atoms with van der Waals surface area (Å²) in [5, 5.41) is 34.2. The molecule has 0 aliphatic carbocycles. The minimum atomic E-state index is 0.544. The van der Waals surface area contributed by atoms with Crippen LogP contribution in [0.25, 0.3) is 77.2 Å². The van der Waals surface area contributed by atoms with E-state index in [0.717, 1.165) is 66.5 Å². The van der Waals surface area contributed by atoms with Crippen LogP contribution in [0, 0.1) is 34.0 Å². The van der Waals surface area contributed by atoms with E-state index in [9.17, 15) is 15.8 Å². The molecule has 7 aromatic carbocycles. The van der Waals surface area contributed by atoms with Gasteiger partial charge in [-0.15, -0.1) is 0 Å². The van der Waals surface area contributed by atoms with E-state index in [1.807, 2.05) is 54.6 Å². The lowest BCUT2D eigenvalue weighted by Gasteiger charge is -2.18. The Morgan fingerprint density at radius 1 is 0.360 bits per heavy atom. The number of benzene rings is 7. The zero-order chi connectivity index (χ0) is 33.8. The van der Waals surface area contributed by atoms with Crippen molar-refractivity contribution in [1.29, 1.82) is 15.8 Å². The summed E-state index contributed by atoms with van der Waals surface area (Å²) in [6.07, 6.45) is 0.